The molecule has 5 N–H and O–H groups in total. The number of nitrogens with zero attached hydrogens (tertiary/aromatic N) is 3. The Hall–Kier alpha value is -2.60. The number of anilines is 2. The topological polar surface area (TPSA) is 103 Å². The van der Waals surface area contributed by atoms with Crippen LogP contribution in [0.25, 0.3) is 22.2 Å². The molecule has 0 bridgehead atoms. The normalized spacial score (nSPS) is 21.2. The molecule has 0 atom stereocenters. The van der Waals surface area contributed by atoms with E-state index in [1.165, 1.54) is 6.33 Å². The third-order valence-electron chi connectivity index (χ3n) is 4.92. The molecule has 2 aromatic heterocycles. The van der Waals surface area contributed by atoms with Crippen LogP contribution in [-0.2, 0) is 0 Å². The van der Waals surface area contributed by atoms with Crippen molar-refractivity contribution >= 4 is 22.5 Å². The van der Waals surface area contributed by atoms with Crippen LogP contribution in [0.5, 0.6) is 0 Å². The second-order valence-electron chi connectivity index (χ2n) is 6.49. The van der Waals surface area contributed by atoms with Crippen molar-refractivity contribution in [3.8, 4) is 11.1 Å². The number of hydrogen-bond donors (Lipinski definition) is 3. The van der Waals surface area contributed by atoms with E-state index in [9.17, 15) is 5.11 Å². The molecule has 1 saturated carbocycles. The van der Waals surface area contributed by atoms with Gasteiger partial charge in [0.15, 0.2) is 0 Å². The summed E-state index contributed by atoms with van der Waals surface area (Å²) in [6, 6.07) is 8.08. The zero-order chi connectivity index (χ0) is 16.7. The van der Waals surface area contributed by atoms with Crippen molar-refractivity contribution in [1.82, 2.24) is 14.5 Å². The summed E-state index contributed by atoms with van der Waals surface area (Å²) in [5, 5.41) is 10.7. The second-order valence-corrected chi connectivity index (χ2v) is 6.49. The Kier molecular flexibility index (Phi) is 3.61. The van der Waals surface area contributed by atoms with E-state index in [1.54, 1.807) is 0 Å². The SMILES string of the molecule is Nc1ccc(-c2cn([C@H]3CC[C@H](O)CC3)c3ncnc(N)c23)cc1. The molecule has 24 heavy (non-hydrogen) atoms. The largest absolute Gasteiger partial charge is 0.399 e. The van der Waals surface area contributed by atoms with Gasteiger partial charge >= 0.3 is 0 Å². The quantitative estimate of drug-likeness (QED) is 0.629. The fourth-order valence-electron chi connectivity index (χ4n) is 3.60. The Bertz CT molecular complexity index is 863. The number of hydrogen-bond acceptors (Lipinski definition) is 5. The zero-order valence-corrected chi connectivity index (χ0v) is 13.4. The molecule has 4 rings (SSSR count). The number of fused-ring (bicyclic) bond motifs is 1. The van der Waals surface area contributed by atoms with Crippen molar-refractivity contribution in [2.45, 2.75) is 37.8 Å². The molecule has 1 aromatic carbocycles. The lowest BCUT2D eigenvalue weighted by atomic mass is 9.93. The highest BCUT2D eigenvalue weighted by Crippen LogP contribution is 2.38. The highest BCUT2D eigenvalue weighted by atomic mass is 16.3. The van der Waals surface area contributed by atoms with E-state index in [0.29, 0.717) is 11.9 Å². The van der Waals surface area contributed by atoms with E-state index in [-0.39, 0.29) is 6.10 Å². The Morgan fingerprint density at radius 1 is 1.00 bits per heavy atom. The van der Waals surface area contributed by atoms with E-state index in [1.807, 2.05) is 24.3 Å². The number of aromatic nitrogens is 3. The highest BCUT2D eigenvalue weighted by Gasteiger charge is 2.24. The number of rotatable bonds is 2. The standard InChI is InChI=1S/C18H21N5O/c19-12-3-1-11(2-4-12)15-9-23(13-5-7-14(24)8-6-13)18-16(15)17(20)21-10-22-18/h1-4,9-10,13-14,24H,5-8,19H2,(H2,20,21,22)/t13-,14-. The molecule has 0 aliphatic heterocycles. The predicted molar refractivity (Wildman–Crippen MR) is 95.3 cm³/mol. The van der Waals surface area contributed by atoms with Gasteiger partial charge in [0, 0.05) is 23.5 Å². The molecule has 0 spiro atoms. The fraction of sp³-hybridized carbons (Fsp3) is 0.333. The van der Waals surface area contributed by atoms with Crippen molar-refractivity contribution in [3.05, 3.63) is 36.8 Å². The Balaban J connectivity index is 1.87. The number of nitrogens with two attached hydrogens (primary N) is 2. The average Bonchev–Trinajstić information content (AvgIpc) is 2.97. The molecule has 6 nitrogen and oxygen atoms in total. The van der Waals surface area contributed by atoms with Gasteiger partial charge in [0.1, 0.15) is 17.8 Å². The van der Waals surface area contributed by atoms with Crippen molar-refractivity contribution < 1.29 is 5.11 Å². The second kappa shape index (κ2) is 5.79. The van der Waals surface area contributed by atoms with E-state index >= 15 is 0 Å². The zero-order valence-electron chi connectivity index (χ0n) is 13.4. The van der Waals surface area contributed by atoms with Gasteiger partial charge in [-0.25, -0.2) is 9.97 Å². The summed E-state index contributed by atoms with van der Waals surface area (Å²) in [5.74, 6) is 0.487. The first-order chi connectivity index (χ1) is 11.6. The maximum Gasteiger partial charge on any atom is 0.146 e. The van der Waals surface area contributed by atoms with Crippen LogP contribution < -0.4 is 11.5 Å². The van der Waals surface area contributed by atoms with E-state index in [2.05, 4.69) is 20.7 Å². The van der Waals surface area contributed by atoms with Gasteiger partial charge < -0.3 is 21.1 Å². The van der Waals surface area contributed by atoms with Crippen molar-refractivity contribution in [1.29, 1.82) is 0 Å². The summed E-state index contributed by atoms with van der Waals surface area (Å²) in [4.78, 5) is 8.65. The first kappa shape index (κ1) is 15.0. The molecule has 0 amide bonds. The molecule has 1 fully saturated rings. The summed E-state index contributed by atoms with van der Waals surface area (Å²) < 4.78 is 2.20. The maximum absolute atomic E-state index is 9.77. The molecule has 1 aliphatic carbocycles. The van der Waals surface area contributed by atoms with Gasteiger partial charge in [-0.15, -0.1) is 0 Å². The summed E-state index contributed by atoms with van der Waals surface area (Å²) in [6.45, 7) is 0. The van der Waals surface area contributed by atoms with Crippen molar-refractivity contribution in [2.75, 3.05) is 11.5 Å². The Labute approximate surface area is 140 Å². The number of nitrogen functional groups attached to an aromatic ring is 2. The monoisotopic (exact) mass is 323 g/mol. The van der Waals surface area contributed by atoms with E-state index in [0.717, 1.165) is 53.5 Å². The molecular weight excluding hydrogens is 302 g/mol. The third kappa shape index (κ3) is 2.49. The molecule has 0 saturated heterocycles. The molecule has 3 aromatic rings. The van der Waals surface area contributed by atoms with Crippen LogP contribution in [0.4, 0.5) is 11.5 Å². The van der Waals surface area contributed by atoms with Gasteiger partial charge in [-0.2, -0.15) is 0 Å². The maximum atomic E-state index is 9.77. The lowest BCUT2D eigenvalue weighted by Gasteiger charge is -2.27. The molecule has 1 aliphatic rings. The minimum Gasteiger partial charge on any atom is -0.399 e. The van der Waals surface area contributed by atoms with Crippen LogP contribution in [0.3, 0.4) is 0 Å². The van der Waals surface area contributed by atoms with Gasteiger partial charge in [0.25, 0.3) is 0 Å². The first-order valence-corrected chi connectivity index (χ1v) is 8.28. The minimum absolute atomic E-state index is 0.181. The Morgan fingerprint density at radius 2 is 1.71 bits per heavy atom. The van der Waals surface area contributed by atoms with Crippen LogP contribution >= 0.6 is 0 Å². The van der Waals surface area contributed by atoms with Crippen LogP contribution in [0.1, 0.15) is 31.7 Å². The predicted octanol–water partition coefficient (Wildman–Crippen LogP) is 2.74. The summed E-state index contributed by atoms with van der Waals surface area (Å²) >= 11 is 0. The van der Waals surface area contributed by atoms with Gasteiger partial charge in [-0.1, -0.05) is 12.1 Å². The molecule has 2 heterocycles. The lowest BCUT2D eigenvalue weighted by Crippen LogP contribution is -2.20. The Morgan fingerprint density at radius 3 is 2.42 bits per heavy atom. The number of aliphatic hydroxyl groups excluding tert-OH is 1. The molecule has 0 radical (unpaired) electrons. The van der Waals surface area contributed by atoms with Crippen molar-refractivity contribution in [3.63, 3.8) is 0 Å². The van der Waals surface area contributed by atoms with E-state index in [4.69, 9.17) is 11.5 Å². The van der Waals surface area contributed by atoms with Crippen LogP contribution in [0.15, 0.2) is 36.8 Å². The van der Waals surface area contributed by atoms with Crippen molar-refractivity contribution in [2.24, 2.45) is 0 Å². The van der Waals surface area contributed by atoms with Gasteiger partial charge in [-0.05, 0) is 43.4 Å². The van der Waals surface area contributed by atoms with Gasteiger partial charge in [0.2, 0.25) is 0 Å². The van der Waals surface area contributed by atoms with E-state index < -0.39 is 0 Å². The average molecular weight is 323 g/mol. The lowest BCUT2D eigenvalue weighted by molar-refractivity contribution is 0.111. The van der Waals surface area contributed by atoms with Gasteiger partial charge in [0.05, 0.1) is 11.5 Å². The third-order valence-corrected chi connectivity index (χ3v) is 4.92. The smallest absolute Gasteiger partial charge is 0.146 e. The highest BCUT2D eigenvalue weighted by molar-refractivity contribution is 6.00. The summed E-state index contributed by atoms with van der Waals surface area (Å²) in [7, 11) is 0. The first-order valence-electron chi connectivity index (χ1n) is 8.28. The summed E-state index contributed by atoms with van der Waals surface area (Å²) in [5.41, 5.74) is 15.6. The minimum atomic E-state index is -0.181. The molecule has 0 unspecified atom stereocenters. The van der Waals surface area contributed by atoms with Crippen LogP contribution in [0, 0.1) is 0 Å². The number of benzene rings is 1. The molecule has 124 valence electrons. The number of aliphatic hydroxyl groups is 1. The fourth-order valence-corrected chi connectivity index (χ4v) is 3.60. The summed E-state index contributed by atoms with van der Waals surface area (Å²) in [6.07, 6.45) is 6.97. The van der Waals surface area contributed by atoms with Crippen LogP contribution in [-0.4, -0.2) is 25.7 Å². The molecular formula is C18H21N5O. The molecule has 6 heteroatoms. The van der Waals surface area contributed by atoms with Gasteiger partial charge in [-0.3, -0.25) is 0 Å². The van der Waals surface area contributed by atoms with Crippen LogP contribution in [0.2, 0.25) is 0 Å².